The molecule has 0 aromatic heterocycles. The van der Waals surface area contributed by atoms with Gasteiger partial charge in [-0.15, -0.1) is 0 Å². The molecule has 114 valence electrons. The van der Waals surface area contributed by atoms with Gasteiger partial charge in [0, 0.05) is 6.04 Å². The fraction of sp³-hybridized carbons (Fsp3) is 0.647. The molecule has 1 rings (SSSR count). The van der Waals surface area contributed by atoms with Crippen molar-refractivity contribution in [1.82, 2.24) is 0 Å². The third-order valence-corrected chi connectivity index (χ3v) is 3.65. The summed E-state index contributed by atoms with van der Waals surface area (Å²) in [6.07, 6.45) is 3.25. The predicted molar refractivity (Wildman–Crippen MR) is 84.0 cm³/mol. The molecule has 3 unspecified atom stereocenters. The zero-order chi connectivity index (χ0) is 15.0. The van der Waals surface area contributed by atoms with Crippen LogP contribution in [-0.2, 0) is 4.74 Å². The van der Waals surface area contributed by atoms with Crippen molar-refractivity contribution in [1.29, 1.82) is 0 Å². The molecule has 0 aliphatic heterocycles. The average Bonchev–Trinajstić information content (AvgIpc) is 2.48. The molecule has 0 heterocycles. The molecule has 1 aromatic rings. The highest BCUT2D eigenvalue weighted by molar-refractivity contribution is 5.29. The number of hydrogen-bond donors (Lipinski definition) is 1. The third kappa shape index (κ3) is 5.14. The molecule has 0 spiro atoms. The molecule has 20 heavy (non-hydrogen) atoms. The normalized spacial score (nSPS) is 15.7. The number of hydrogen-bond acceptors (Lipinski definition) is 3. The monoisotopic (exact) mass is 279 g/mol. The van der Waals surface area contributed by atoms with Gasteiger partial charge in [0.2, 0.25) is 0 Å². The molecule has 0 radical (unpaired) electrons. The van der Waals surface area contributed by atoms with Crippen LogP contribution in [0, 0.1) is 5.92 Å². The van der Waals surface area contributed by atoms with Gasteiger partial charge >= 0.3 is 0 Å². The van der Waals surface area contributed by atoms with Crippen molar-refractivity contribution in [2.24, 2.45) is 11.7 Å². The summed E-state index contributed by atoms with van der Waals surface area (Å²) < 4.78 is 11.3. The zero-order valence-corrected chi connectivity index (χ0v) is 13.3. The van der Waals surface area contributed by atoms with Crippen LogP contribution in [0.3, 0.4) is 0 Å². The highest BCUT2D eigenvalue weighted by Gasteiger charge is 2.20. The maximum Gasteiger partial charge on any atom is 0.118 e. The SMILES string of the molecule is CCCC(C)COC(c1ccc(OC)cc1)C(N)CC. The highest BCUT2D eigenvalue weighted by Crippen LogP contribution is 2.25. The van der Waals surface area contributed by atoms with Crippen LogP contribution in [0.2, 0.25) is 0 Å². The van der Waals surface area contributed by atoms with Gasteiger partial charge in [-0.25, -0.2) is 0 Å². The first-order chi connectivity index (χ1) is 9.62. The van der Waals surface area contributed by atoms with Crippen LogP contribution in [0.1, 0.15) is 51.7 Å². The average molecular weight is 279 g/mol. The summed E-state index contributed by atoms with van der Waals surface area (Å²) in [7, 11) is 1.67. The molecule has 0 saturated heterocycles. The van der Waals surface area contributed by atoms with E-state index in [1.54, 1.807) is 7.11 Å². The standard InChI is InChI=1S/C17H29NO2/c1-5-7-13(3)12-20-17(16(18)6-2)14-8-10-15(19-4)11-9-14/h8-11,13,16-17H,5-7,12,18H2,1-4H3. The third-order valence-electron chi connectivity index (χ3n) is 3.65. The molecule has 2 N–H and O–H groups in total. The Hall–Kier alpha value is -1.06. The van der Waals surface area contributed by atoms with E-state index in [0.29, 0.717) is 5.92 Å². The predicted octanol–water partition coefficient (Wildman–Crippen LogP) is 3.93. The van der Waals surface area contributed by atoms with Gasteiger partial charge < -0.3 is 15.2 Å². The largest absolute Gasteiger partial charge is 0.497 e. The van der Waals surface area contributed by atoms with Crippen molar-refractivity contribution in [2.75, 3.05) is 13.7 Å². The first-order valence-corrected chi connectivity index (χ1v) is 7.63. The summed E-state index contributed by atoms with van der Waals surface area (Å²) in [5, 5.41) is 0. The lowest BCUT2D eigenvalue weighted by molar-refractivity contribution is 0.0131. The zero-order valence-electron chi connectivity index (χ0n) is 13.3. The summed E-state index contributed by atoms with van der Waals surface area (Å²) in [4.78, 5) is 0. The second-order valence-corrected chi connectivity index (χ2v) is 5.49. The van der Waals surface area contributed by atoms with E-state index in [-0.39, 0.29) is 12.1 Å². The van der Waals surface area contributed by atoms with E-state index >= 15 is 0 Å². The first-order valence-electron chi connectivity index (χ1n) is 7.63. The Bertz CT molecular complexity index is 364. The van der Waals surface area contributed by atoms with E-state index in [4.69, 9.17) is 15.2 Å². The second kappa shape index (κ2) is 8.98. The quantitative estimate of drug-likeness (QED) is 0.745. The molecular weight excluding hydrogens is 250 g/mol. The molecule has 3 atom stereocenters. The van der Waals surface area contributed by atoms with Crippen LogP contribution >= 0.6 is 0 Å². The van der Waals surface area contributed by atoms with Crippen LogP contribution in [0.15, 0.2) is 24.3 Å². The number of methoxy groups -OCH3 is 1. The Balaban J connectivity index is 2.72. The minimum Gasteiger partial charge on any atom is -0.497 e. The van der Waals surface area contributed by atoms with E-state index in [1.807, 2.05) is 24.3 Å². The fourth-order valence-electron chi connectivity index (χ4n) is 2.32. The highest BCUT2D eigenvalue weighted by atomic mass is 16.5. The maximum atomic E-state index is 6.22. The summed E-state index contributed by atoms with van der Waals surface area (Å²) in [5.41, 5.74) is 7.35. The number of rotatable bonds is 9. The van der Waals surface area contributed by atoms with E-state index < -0.39 is 0 Å². The first kappa shape index (κ1) is 17.0. The number of benzene rings is 1. The van der Waals surface area contributed by atoms with Gasteiger partial charge in [0.15, 0.2) is 0 Å². The molecule has 3 heteroatoms. The fourth-order valence-corrected chi connectivity index (χ4v) is 2.32. The Kier molecular flexibility index (Phi) is 7.63. The molecule has 0 amide bonds. The Morgan fingerprint density at radius 1 is 1.15 bits per heavy atom. The van der Waals surface area contributed by atoms with Gasteiger partial charge in [-0.2, -0.15) is 0 Å². The lowest BCUT2D eigenvalue weighted by Gasteiger charge is -2.25. The second-order valence-electron chi connectivity index (χ2n) is 5.49. The van der Waals surface area contributed by atoms with Crippen molar-refractivity contribution in [3.05, 3.63) is 29.8 Å². The molecular formula is C17H29NO2. The van der Waals surface area contributed by atoms with Crippen molar-refractivity contribution in [3.8, 4) is 5.75 Å². The number of nitrogens with two attached hydrogens (primary N) is 1. The Morgan fingerprint density at radius 3 is 2.30 bits per heavy atom. The van der Waals surface area contributed by atoms with Crippen molar-refractivity contribution in [2.45, 2.75) is 52.2 Å². The van der Waals surface area contributed by atoms with Gasteiger partial charge in [-0.3, -0.25) is 0 Å². The van der Waals surface area contributed by atoms with Crippen LogP contribution in [-0.4, -0.2) is 19.8 Å². The lowest BCUT2D eigenvalue weighted by atomic mass is 10.00. The molecule has 3 nitrogen and oxygen atoms in total. The van der Waals surface area contributed by atoms with E-state index in [0.717, 1.165) is 24.3 Å². The van der Waals surface area contributed by atoms with Crippen molar-refractivity contribution >= 4 is 0 Å². The molecule has 0 bridgehead atoms. The van der Waals surface area contributed by atoms with Crippen molar-refractivity contribution in [3.63, 3.8) is 0 Å². The minimum atomic E-state index is -0.0368. The van der Waals surface area contributed by atoms with Crippen LogP contribution in [0.25, 0.3) is 0 Å². The van der Waals surface area contributed by atoms with Gasteiger partial charge in [0.05, 0.1) is 19.8 Å². The molecule has 0 aliphatic rings. The molecule has 0 aliphatic carbocycles. The van der Waals surface area contributed by atoms with Gasteiger partial charge in [0.25, 0.3) is 0 Å². The summed E-state index contributed by atoms with van der Waals surface area (Å²) in [6.45, 7) is 7.29. The van der Waals surface area contributed by atoms with Crippen molar-refractivity contribution < 1.29 is 9.47 Å². The maximum absolute atomic E-state index is 6.22. The summed E-state index contributed by atoms with van der Waals surface area (Å²) >= 11 is 0. The topological polar surface area (TPSA) is 44.5 Å². The Morgan fingerprint density at radius 2 is 1.80 bits per heavy atom. The molecule has 0 fully saturated rings. The number of ether oxygens (including phenoxy) is 2. The lowest BCUT2D eigenvalue weighted by Crippen LogP contribution is -2.30. The van der Waals surface area contributed by atoms with Crippen LogP contribution < -0.4 is 10.5 Å². The van der Waals surface area contributed by atoms with E-state index in [2.05, 4.69) is 20.8 Å². The smallest absolute Gasteiger partial charge is 0.118 e. The van der Waals surface area contributed by atoms with Gasteiger partial charge in [0.1, 0.15) is 5.75 Å². The van der Waals surface area contributed by atoms with Crippen LogP contribution in [0.4, 0.5) is 0 Å². The van der Waals surface area contributed by atoms with E-state index in [1.165, 1.54) is 12.8 Å². The minimum absolute atomic E-state index is 0.0252. The van der Waals surface area contributed by atoms with Crippen LogP contribution in [0.5, 0.6) is 5.75 Å². The summed E-state index contributed by atoms with van der Waals surface area (Å²) in [6, 6.07) is 8.04. The van der Waals surface area contributed by atoms with Gasteiger partial charge in [-0.05, 0) is 36.5 Å². The summed E-state index contributed by atoms with van der Waals surface area (Å²) in [5.74, 6) is 1.43. The molecule has 1 aromatic carbocycles. The Labute approximate surface area is 123 Å². The molecule has 0 saturated carbocycles. The van der Waals surface area contributed by atoms with E-state index in [9.17, 15) is 0 Å². The van der Waals surface area contributed by atoms with Gasteiger partial charge in [-0.1, -0.05) is 39.3 Å².